The highest BCUT2D eigenvalue weighted by atomic mass is 32.1. The molecule has 0 saturated heterocycles. The Kier molecular flexibility index (Phi) is 3.86. The van der Waals surface area contributed by atoms with E-state index in [1.807, 2.05) is 6.07 Å². The van der Waals surface area contributed by atoms with E-state index < -0.39 is 8.07 Å². The lowest BCUT2D eigenvalue weighted by Gasteiger charge is -2.27. The van der Waals surface area contributed by atoms with Crippen LogP contribution in [0.5, 0.6) is 0 Å². The monoisotopic (exact) mass is 308 g/mol. The molecule has 0 aliphatic heterocycles. The van der Waals surface area contributed by atoms with Gasteiger partial charge in [0.25, 0.3) is 0 Å². The first-order valence-electron chi connectivity index (χ1n) is 6.91. The van der Waals surface area contributed by atoms with Crippen molar-refractivity contribution in [2.24, 2.45) is 0 Å². The van der Waals surface area contributed by atoms with E-state index in [0.29, 0.717) is 0 Å². The Balaban J connectivity index is 2.22. The number of rotatable bonds is 4. The minimum absolute atomic E-state index is 0.801. The summed E-state index contributed by atoms with van der Waals surface area (Å²) in [6, 6.07) is 25.4. The van der Waals surface area contributed by atoms with Crippen LogP contribution in [0.4, 0.5) is 0 Å². The van der Waals surface area contributed by atoms with E-state index in [1.54, 1.807) is 11.3 Å². The summed E-state index contributed by atoms with van der Waals surface area (Å²) in [5.41, 5.74) is 0. The lowest BCUT2D eigenvalue weighted by molar-refractivity contribution is 0.112. The van der Waals surface area contributed by atoms with E-state index in [4.69, 9.17) is 0 Å². The van der Waals surface area contributed by atoms with Crippen LogP contribution in [-0.4, -0.2) is 14.4 Å². The van der Waals surface area contributed by atoms with Crippen LogP contribution >= 0.6 is 11.3 Å². The fraction of sp³-hybridized carbons (Fsp3) is 0.0556. The highest BCUT2D eigenvalue weighted by Crippen LogP contribution is 2.13. The zero-order valence-corrected chi connectivity index (χ0v) is 13.6. The standard InChI is InChI=1S/C18H16OSSi/c1-21(16-8-4-2-5-9-16,17-10-6-3-7-11-17)18-13-12-15(14-19)20-18/h2-14H,1H3. The molecule has 0 saturated carbocycles. The molecule has 0 radical (unpaired) electrons. The second-order valence-electron chi connectivity index (χ2n) is 5.18. The van der Waals surface area contributed by atoms with Gasteiger partial charge in [0.05, 0.1) is 4.88 Å². The third-order valence-corrected chi connectivity index (χ3v) is 10.4. The van der Waals surface area contributed by atoms with Gasteiger partial charge in [-0.3, -0.25) is 4.79 Å². The third kappa shape index (κ3) is 2.50. The quantitative estimate of drug-likeness (QED) is 0.535. The number of carbonyl (C=O) groups excluding carboxylic acids is 1. The summed E-state index contributed by atoms with van der Waals surface area (Å²) < 4.78 is 1.32. The summed E-state index contributed by atoms with van der Waals surface area (Å²) in [7, 11) is -2.01. The first-order chi connectivity index (χ1) is 10.2. The number of thiophene rings is 1. The van der Waals surface area contributed by atoms with Crippen molar-refractivity contribution in [2.75, 3.05) is 0 Å². The smallest absolute Gasteiger partial charge is 0.159 e. The minimum Gasteiger partial charge on any atom is -0.297 e. The summed E-state index contributed by atoms with van der Waals surface area (Å²) in [4.78, 5) is 11.8. The van der Waals surface area contributed by atoms with Crippen LogP contribution in [0.1, 0.15) is 9.67 Å². The highest BCUT2D eigenvalue weighted by Gasteiger charge is 2.35. The van der Waals surface area contributed by atoms with Crippen molar-refractivity contribution in [1.82, 2.24) is 0 Å². The maximum absolute atomic E-state index is 11.0. The number of hydrogen-bond donors (Lipinski definition) is 0. The van der Waals surface area contributed by atoms with Crippen LogP contribution in [0, 0.1) is 0 Å². The predicted molar refractivity (Wildman–Crippen MR) is 93.1 cm³/mol. The van der Waals surface area contributed by atoms with E-state index in [9.17, 15) is 4.79 Å². The molecule has 3 heteroatoms. The third-order valence-electron chi connectivity index (χ3n) is 3.94. The molecule has 1 aromatic heterocycles. The van der Waals surface area contributed by atoms with E-state index >= 15 is 0 Å². The number of benzene rings is 2. The number of hydrogen-bond acceptors (Lipinski definition) is 2. The van der Waals surface area contributed by atoms with Crippen molar-refractivity contribution in [1.29, 1.82) is 0 Å². The minimum atomic E-state index is -2.01. The molecule has 0 N–H and O–H groups in total. The van der Waals surface area contributed by atoms with Gasteiger partial charge in [-0.15, -0.1) is 11.3 Å². The van der Waals surface area contributed by atoms with Gasteiger partial charge in [0.1, 0.15) is 0 Å². The first-order valence-corrected chi connectivity index (χ1v) is 10.2. The van der Waals surface area contributed by atoms with Crippen molar-refractivity contribution in [3.8, 4) is 0 Å². The Hall–Kier alpha value is -1.97. The van der Waals surface area contributed by atoms with E-state index in [2.05, 4.69) is 73.3 Å². The van der Waals surface area contributed by atoms with Crippen LogP contribution in [0.15, 0.2) is 72.8 Å². The van der Waals surface area contributed by atoms with Crippen LogP contribution in [0.2, 0.25) is 6.55 Å². The van der Waals surface area contributed by atoms with Gasteiger partial charge in [-0.2, -0.15) is 0 Å². The molecule has 0 bridgehead atoms. The molecule has 3 aromatic rings. The van der Waals surface area contributed by atoms with Crippen molar-refractivity contribution in [3.05, 3.63) is 77.7 Å². The molecule has 1 nitrogen and oxygen atoms in total. The van der Waals surface area contributed by atoms with Gasteiger partial charge in [0, 0.05) is 4.50 Å². The second-order valence-corrected chi connectivity index (χ2v) is 10.6. The highest BCUT2D eigenvalue weighted by molar-refractivity contribution is 7.33. The summed E-state index contributed by atoms with van der Waals surface area (Å²) >= 11 is 1.62. The van der Waals surface area contributed by atoms with Crippen molar-refractivity contribution in [3.63, 3.8) is 0 Å². The van der Waals surface area contributed by atoms with Crippen molar-refractivity contribution < 1.29 is 4.79 Å². The predicted octanol–water partition coefficient (Wildman–Crippen LogP) is 2.66. The molecule has 0 spiro atoms. The SMILES string of the molecule is C[Si](c1ccccc1)(c1ccccc1)c1ccc(C=O)s1. The lowest BCUT2D eigenvalue weighted by atomic mass is 10.4. The molecule has 0 atom stereocenters. The Morgan fingerprint density at radius 1 is 0.810 bits per heavy atom. The topological polar surface area (TPSA) is 17.1 Å². The molecule has 0 amide bonds. The van der Waals surface area contributed by atoms with Gasteiger partial charge < -0.3 is 0 Å². The first kappa shape index (κ1) is 14.0. The van der Waals surface area contributed by atoms with E-state index in [1.165, 1.54) is 14.9 Å². The lowest BCUT2D eigenvalue weighted by Crippen LogP contribution is -2.63. The molecular weight excluding hydrogens is 292 g/mol. The Morgan fingerprint density at radius 2 is 1.33 bits per heavy atom. The van der Waals surface area contributed by atoms with Gasteiger partial charge >= 0.3 is 0 Å². The van der Waals surface area contributed by atoms with Crippen LogP contribution in [-0.2, 0) is 0 Å². The van der Waals surface area contributed by atoms with Gasteiger partial charge in [-0.1, -0.05) is 73.3 Å². The Bertz CT molecular complexity index is 695. The molecule has 2 aromatic carbocycles. The van der Waals surface area contributed by atoms with Gasteiger partial charge in [0.15, 0.2) is 14.4 Å². The average molecular weight is 308 g/mol. The zero-order chi connectivity index (χ0) is 14.7. The van der Waals surface area contributed by atoms with Gasteiger partial charge in [0.2, 0.25) is 0 Å². The van der Waals surface area contributed by atoms with Crippen molar-refractivity contribution >= 4 is 40.6 Å². The molecule has 21 heavy (non-hydrogen) atoms. The van der Waals surface area contributed by atoms with Gasteiger partial charge in [-0.05, 0) is 16.4 Å². The average Bonchev–Trinajstić information content (AvgIpc) is 3.05. The van der Waals surface area contributed by atoms with E-state index in [-0.39, 0.29) is 0 Å². The van der Waals surface area contributed by atoms with Crippen LogP contribution in [0.3, 0.4) is 0 Å². The van der Waals surface area contributed by atoms with Gasteiger partial charge in [-0.25, -0.2) is 0 Å². The maximum Gasteiger partial charge on any atom is 0.159 e. The summed E-state index contributed by atoms with van der Waals surface area (Å²) in [5.74, 6) is 0. The summed E-state index contributed by atoms with van der Waals surface area (Å²) in [6.07, 6.45) is 0.943. The molecule has 0 fully saturated rings. The van der Waals surface area contributed by atoms with E-state index in [0.717, 1.165) is 11.2 Å². The molecule has 0 aliphatic rings. The molecular formula is C18H16OSSi. The molecule has 0 aliphatic carbocycles. The number of aldehydes is 1. The molecule has 0 unspecified atom stereocenters. The largest absolute Gasteiger partial charge is 0.297 e. The number of carbonyl (C=O) groups is 1. The molecule has 3 rings (SSSR count). The maximum atomic E-state index is 11.0. The van der Waals surface area contributed by atoms with Crippen LogP contribution < -0.4 is 14.9 Å². The Morgan fingerprint density at radius 3 is 1.76 bits per heavy atom. The Labute approximate surface area is 129 Å². The normalized spacial score (nSPS) is 11.3. The fourth-order valence-electron chi connectivity index (χ4n) is 2.68. The fourth-order valence-corrected chi connectivity index (χ4v) is 8.17. The van der Waals surface area contributed by atoms with Crippen molar-refractivity contribution in [2.45, 2.75) is 6.55 Å². The zero-order valence-electron chi connectivity index (χ0n) is 11.8. The molecule has 1 heterocycles. The summed E-state index contributed by atoms with van der Waals surface area (Å²) in [5, 5.41) is 2.74. The second kappa shape index (κ2) is 5.80. The van der Waals surface area contributed by atoms with Crippen LogP contribution in [0.25, 0.3) is 0 Å². The summed E-state index contributed by atoms with van der Waals surface area (Å²) in [6.45, 7) is 2.36. The molecule has 104 valence electrons.